The Morgan fingerprint density at radius 1 is 1.53 bits per heavy atom. The van der Waals surface area contributed by atoms with Gasteiger partial charge >= 0.3 is 0 Å². The van der Waals surface area contributed by atoms with Crippen LogP contribution in [0.25, 0.3) is 0 Å². The van der Waals surface area contributed by atoms with E-state index in [0.29, 0.717) is 12.0 Å². The molecule has 1 aromatic rings. The predicted octanol–water partition coefficient (Wildman–Crippen LogP) is 0.790. The van der Waals surface area contributed by atoms with Gasteiger partial charge in [-0.2, -0.15) is 5.26 Å². The number of hydrogen-bond donors (Lipinski definition) is 2. The molecule has 0 radical (unpaired) electrons. The molecule has 0 saturated carbocycles. The zero-order chi connectivity index (χ0) is 13.7. The molecule has 2 rings (SSSR count). The van der Waals surface area contributed by atoms with Crippen molar-refractivity contribution in [3.63, 3.8) is 0 Å². The molecule has 1 aliphatic heterocycles. The van der Waals surface area contributed by atoms with Crippen molar-refractivity contribution in [2.75, 3.05) is 32.0 Å². The van der Waals surface area contributed by atoms with Gasteiger partial charge in [0.25, 0.3) is 0 Å². The van der Waals surface area contributed by atoms with Crippen molar-refractivity contribution >= 4 is 11.6 Å². The Labute approximate surface area is 113 Å². The van der Waals surface area contributed by atoms with E-state index in [9.17, 15) is 4.79 Å². The Morgan fingerprint density at radius 3 is 2.89 bits per heavy atom. The normalized spacial score (nSPS) is 19.7. The highest BCUT2D eigenvalue weighted by atomic mass is 16.1. The lowest BCUT2D eigenvalue weighted by atomic mass is 10.1. The summed E-state index contributed by atoms with van der Waals surface area (Å²) in [6.07, 6.45) is 0.476. The van der Waals surface area contributed by atoms with Crippen LogP contribution >= 0.6 is 0 Å². The average molecular weight is 258 g/mol. The van der Waals surface area contributed by atoms with Gasteiger partial charge in [0, 0.05) is 37.8 Å². The van der Waals surface area contributed by atoms with Crippen LogP contribution in [0.1, 0.15) is 12.0 Å². The van der Waals surface area contributed by atoms with Crippen LogP contribution in [0.5, 0.6) is 0 Å². The van der Waals surface area contributed by atoms with E-state index in [1.807, 2.05) is 7.05 Å². The Kier molecular flexibility index (Phi) is 4.50. The number of rotatable bonds is 3. The number of amides is 1. The lowest BCUT2D eigenvalue weighted by molar-refractivity contribution is -0.117. The van der Waals surface area contributed by atoms with Crippen molar-refractivity contribution in [2.45, 2.75) is 12.5 Å². The molecular weight excluding hydrogens is 240 g/mol. The van der Waals surface area contributed by atoms with Gasteiger partial charge in [-0.15, -0.1) is 0 Å². The smallest absolute Gasteiger partial charge is 0.225 e. The van der Waals surface area contributed by atoms with Crippen LogP contribution in [0.4, 0.5) is 5.69 Å². The SMILES string of the molecule is CN1CCNCC1CC(=O)Nc1ccc(C#N)cc1. The maximum atomic E-state index is 12.0. The van der Waals surface area contributed by atoms with Crippen molar-refractivity contribution in [1.82, 2.24) is 10.2 Å². The fraction of sp³-hybridized carbons (Fsp3) is 0.429. The van der Waals surface area contributed by atoms with E-state index in [-0.39, 0.29) is 11.9 Å². The number of benzene rings is 1. The molecule has 1 atom stereocenters. The van der Waals surface area contributed by atoms with Gasteiger partial charge in [-0.1, -0.05) is 0 Å². The van der Waals surface area contributed by atoms with Crippen molar-refractivity contribution < 1.29 is 4.79 Å². The van der Waals surface area contributed by atoms with Gasteiger partial charge in [-0.25, -0.2) is 0 Å². The van der Waals surface area contributed by atoms with Crippen LogP contribution in [0, 0.1) is 11.3 Å². The molecule has 0 bridgehead atoms. The van der Waals surface area contributed by atoms with Crippen LogP contribution in [-0.4, -0.2) is 43.5 Å². The summed E-state index contributed by atoms with van der Waals surface area (Å²) >= 11 is 0. The van der Waals surface area contributed by atoms with E-state index in [1.54, 1.807) is 24.3 Å². The second-order valence-corrected chi connectivity index (χ2v) is 4.78. The summed E-state index contributed by atoms with van der Waals surface area (Å²) in [6, 6.07) is 9.19. The van der Waals surface area contributed by atoms with E-state index < -0.39 is 0 Å². The number of carbonyl (C=O) groups excluding carboxylic acids is 1. The van der Waals surface area contributed by atoms with Crippen molar-refractivity contribution in [2.24, 2.45) is 0 Å². The number of nitrogens with one attached hydrogen (secondary N) is 2. The molecule has 2 N–H and O–H groups in total. The summed E-state index contributed by atoms with van der Waals surface area (Å²) < 4.78 is 0. The number of piperazine rings is 1. The lowest BCUT2D eigenvalue weighted by Crippen LogP contribution is -2.50. The molecule has 1 fully saturated rings. The predicted molar refractivity (Wildman–Crippen MR) is 73.7 cm³/mol. The molecule has 0 aromatic heterocycles. The summed E-state index contributed by atoms with van der Waals surface area (Å²) in [5, 5.41) is 14.9. The Hall–Kier alpha value is -1.90. The Morgan fingerprint density at radius 2 is 2.26 bits per heavy atom. The molecule has 1 aliphatic rings. The highest BCUT2D eigenvalue weighted by Crippen LogP contribution is 2.11. The summed E-state index contributed by atoms with van der Waals surface area (Å²) in [4.78, 5) is 14.2. The average Bonchev–Trinajstić information content (AvgIpc) is 2.42. The number of likely N-dealkylation sites (N-methyl/N-ethyl adjacent to an activating group) is 1. The molecule has 1 aromatic carbocycles. The van der Waals surface area contributed by atoms with Crippen molar-refractivity contribution in [3.05, 3.63) is 29.8 Å². The number of nitrogens with zero attached hydrogens (tertiary/aromatic N) is 2. The third-order valence-corrected chi connectivity index (χ3v) is 3.36. The highest BCUT2D eigenvalue weighted by molar-refractivity contribution is 5.91. The minimum atomic E-state index is 0.00487. The maximum Gasteiger partial charge on any atom is 0.225 e. The minimum Gasteiger partial charge on any atom is -0.326 e. The minimum absolute atomic E-state index is 0.00487. The third kappa shape index (κ3) is 3.78. The Bertz CT molecular complexity index is 477. The number of carbonyl (C=O) groups is 1. The summed E-state index contributed by atoms with van der Waals surface area (Å²) in [5.74, 6) is 0.00487. The lowest BCUT2D eigenvalue weighted by Gasteiger charge is -2.32. The second-order valence-electron chi connectivity index (χ2n) is 4.78. The summed E-state index contributed by atoms with van der Waals surface area (Å²) in [5.41, 5.74) is 1.32. The summed E-state index contributed by atoms with van der Waals surface area (Å²) in [7, 11) is 2.04. The van der Waals surface area contributed by atoms with Gasteiger partial charge in [0.2, 0.25) is 5.91 Å². The number of nitriles is 1. The Balaban J connectivity index is 1.88. The van der Waals surface area contributed by atoms with Crippen LogP contribution in [0.2, 0.25) is 0 Å². The third-order valence-electron chi connectivity index (χ3n) is 3.36. The first-order chi connectivity index (χ1) is 9.19. The molecule has 1 unspecified atom stereocenters. The van der Waals surface area contributed by atoms with Gasteiger partial charge in [0.1, 0.15) is 0 Å². The van der Waals surface area contributed by atoms with Crippen LogP contribution in [0.15, 0.2) is 24.3 Å². The highest BCUT2D eigenvalue weighted by Gasteiger charge is 2.21. The van der Waals surface area contributed by atoms with E-state index in [2.05, 4.69) is 21.6 Å². The molecule has 5 nitrogen and oxygen atoms in total. The molecule has 1 saturated heterocycles. The zero-order valence-corrected chi connectivity index (χ0v) is 11.0. The fourth-order valence-corrected chi connectivity index (χ4v) is 2.14. The maximum absolute atomic E-state index is 12.0. The van der Waals surface area contributed by atoms with Gasteiger partial charge in [-0.3, -0.25) is 4.79 Å². The fourth-order valence-electron chi connectivity index (χ4n) is 2.14. The second kappa shape index (κ2) is 6.32. The van der Waals surface area contributed by atoms with Gasteiger partial charge in [0.05, 0.1) is 11.6 Å². The molecule has 0 aliphatic carbocycles. The van der Waals surface area contributed by atoms with Crippen LogP contribution in [0.3, 0.4) is 0 Å². The van der Waals surface area contributed by atoms with E-state index >= 15 is 0 Å². The molecule has 0 spiro atoms. The van der Waals surface area contributed by atoms with Crippen molar-refractivity contribution in [1.29, 1.82) is 5.26 Å². The first-order valence-electron chi connectivity index (χ1n) is 6.40. The van der Waals surface area contributed by atoms with Gasteiger partial charge in [0.15, 0.2) is 0 Å². The largest absolute Gasteiger partial charge is 0.326 e. The monoisotopic (exact) mass is 258 g/mol. The number of hydrogen-bond acceptors (Lipinski definition) is 4. The molecule has 100 valence electrons. The van der Waals surface area contributed by atoms with E-state index in [0.717, 1.165) is 25.3 Å². The molecule has 19 heavy (non-hydrogen) atoms. The molecule has 5 heteroatoms. The topological polar surface area (TPSA) is 68.2 Å². The quantitative estimate of drug-likeness (QED) is 0.841. The first-order valence-corrected chi connectivity index (χ1v) is 6.40. The first kappa shape index (κ1) is 13.5. The van der Waals surface area contributed by atoms with Crippen molar-refractivity contribution in [3.8, 4) is 6.07 Å². The number of anilines is 1. The van der Waals surface area contributed by atoms with E-state index in [4.69, 9.17) is 5.26 Å². The molecule has 1 amide bonds. The van der Waals surface area contributed by atoms with Crippen LogP contribution < -0.4 is 10.6 Å². The zero-order valence-electron chi connectivity index (χ0n) is 11.0. The summed E-state index contributed by atoms with van der Waals surface area (Å²) in [6.45, 7) is 2.79. The van der Waals surface area contributed by atoms with Gasteiger partial charge < -0.3 is 15.5 Å². The van der Waals surface area contributed by atoms with E-state index in [1.165, 1.54) is 0 Å². The molecular formula is C14H18N4O. The standard InChI is InChI=1S/C14H18N4O/c1-18-7-6-16-10-13(18)8-14(19)17-12-4-2-11(9-15)3-5-12/h2-5,13,16H,6-8,10H2,1H3,(H,17,19). The van der Waals surface area contributed by atoms with Crippen LogP contribution in [-0.2, 0) is 4.79 Å². The van der Waals surface area contributed by atoms with Gasteiger partial charge in [-0.05, 0) is 31.3 Å². The molecule has 1 heterocycles.